The van der Waals surface area contributed by atoms with Gasteiger partial charge < -0.3 is 20.3 Å². The molecule has 2 amide bonds. The van der Waals surface area contributed by atoms with E-state index < -0.39 is 12.1 Å². The number of carbonyl (C=O) groups is 1. The number of imidazole rings is 1. The van der Waals surface area contributed by atoms with Gasteiger partial charge in [0.1, 0.15) is 17.7 Å². The highest BCUT2D eigenvalue weighted by atomic mass is 19.1. The standard InChI is InChI=1S/C16H21FN4O2/c1-3-13(10-22)19-16(23)20-14(15-18-8-9-21(15)2)11-4-6-12(17)7-5-11/h4-9,13-14,22H,3,10H2,1-2H3,(H2,19,20,23). The second kappa shape index (κ2) is 7.73. The molecule has 0 fully saturated rings. The molecule has 0 saturated carbocycles. The number of aliphatic hydroxyl groups is 1. The topological polar surface area (TPSA) is 79.2 Å². The molecule has 1 heterocycles. The molecule has 0 bridgehead atoms. The molecule has 2 atom stereocenters. The Morgan fingerprint density at radius 1 is 1.35 bits per heavy atom. The maximum absolute atomic E-state index is 13.1. The fraction of sp³-hybridized carbons (Fsp3) is 0.375. The molecule has 23 heavy (non-hydrogen) atoms. The van der Waals surface area contributed by atoms with Gasteiger partial charge in [0.05, 0.1) is 12.6 Å². The van der Waals surface area contributed by atoms with Crippen LogP contribution < -0.4 is 10.6 Å². The number of nitrogens with zero attached hydrogens (tertiary/aromatic N) is 2. The second-order valence-corrected chi connectivity index (χ2v) is 5.29. The number of aromatic nitrogens is 2. The molecule has 2 aromatic rings. The molecule has 0 radical (unpaired) electrons. The Balaban J connectivity index is 2.22. The Bertz CT molecular complexity index is 638. The number of aliphatic hydroxyl groups excluding tert-OH is 1. The zero-order chi connectivity index (χ0) is 16.8. The molecule has 1 aromatic carbocycles. The molecule has 0 saturated heterocycles. The molecule has 2 rings (SSSR count). The van der Waals surface area contributed by atoms with E-state index in [9.17, 15) is 14.3 Å². The summed E-state index contributed by atoms with van der Waals surface area (Å²) in [5.41, 5.74) is 0.716. The number of amides is 2. The first-order valence-corrected chi connectivity index (χ1v) is 7.45. The lowest BCUT2D eigenvalue weighted by molar-refractivity contribution is 0.212. The highest BCUT2D eigenvalue weighted by molar-refractivity contribution is 5.75. The van der Waals surface area contributed by atoms with Crippen LogP contribution >= 0.6 is 0 Å². The van der Waals surface area contributed by atoms with E-state index in [0.29, 0.717) is 17.8 Å². The van der Waals surface area contributed by atoms with E-state index in [1.807, 2.05) is 14.0 Å². The van der Waals surface area contributed by atoms with Crippen LogP contribution in [0.5, 0.6) is 0 Å². The summed E-state index contributed by atoms with van der Waals surface area (Å²) < 4.78 is 14.9. The van der Waals surface area contributed by atoms with Crippen molar-refractivity contribution in [3.8, 4) is 0 Å². The van der Waals surface area contributed by atoms with Crippen LogP contribution in [0.4, 0.5) is 9.18 Å². The molecule has 1 aromatic heterocycles. The third kappa shape index (κ3) is 4.29. The van der Waals surface area contributed by atoms with Gasteiger partial charge in [-0.05, 0) is 24.1 Å². The SMILES string of the molecule is CCC(CO)NC(=O)NC(c1ccc(F)cc1)c1nccn1C. The Kier molecular flexibility index (Phi) is 5.70. The molecule has 124 valence electrons. The van der Waals surface area contributed by atoms with Crippen molar-refractivity contribution in [3.63, 3.8) is 0 Å². The predicted octanol–water partition coefficient (Wildman–Crippen LogP) is 1.72. The van der Waals surface area contributed by atoms with Crippen LogP contribution in [0, 0.1) is 5.82 Å². The number of hydrogen-bond donors (Lipinski definition) is 3. The number of halogens is 1. The van der Waals surface area contributed by atoms with Crippen LogP contribution in [-0.4, -0.2) is 33.3 Å². The van der Waals surface area contributed by atoms with Gasteiger partial charge in [-0.1, -0.05) is 19.1 Å². The monoisotopic (exact) mass is 320 g/mol. The molecule has 3 N–H and O–H groups in total. The molecular formula is C16H21FN4O2. The number of hydrogen-bond acceptors (Lipinski definition) is 3. The van der Waals surface area contributed by atoms with E-state index in [-0.39, 0.29) is 18.5 Å². The Labute approximate surface area is 134 Å². The Morgan fingerprint density at radius 2 is 2.04 bits per heavy atom. The van der Waals surface area contributed by atoms with Crippen molar-refractivity contribution < 1.29 is 14.3 Å². The van der Waals surface area contributed by atoms with Crippen molar-refractivity contribution in [1.29, 1.82) is 0 Å². The van der Waals surface area contributed by atoms with E-state index >= 15 is 0 Å². The molecule has 2 unspecified atom stereocenters. The van der Waals surface area contributed by atoms with Gasteiger partial charge >= 0.3 is 6.03 Å². The molecule has 0 aliphatic heterocycles. The van der Waals surface area contributed by atoms with Crippen LogP contribution in [0.2, 0.25) is 0 Å². The largest absolute Gasteiger partial charge is 0.394 e. The van der Waals surface area contributed by atoms with E-state index in [4.69, 9.17) is 0 Å². The molecule has 0 spiro atoms. The number of carbonyl (C=O) groups excluding carboxylic acids is 1. The zero-order valence-corrected chi connectivity index (χ0v) is 13.2. The Morgan fingerprint density at radius 3 is 2.57 bits per heavy atom. The van der Waals surface area contributed by atoms with Crippen LogP contribution in [-0.2, 0) is 7.05 Å². The van der Waals surface area contributed by atoms with Crippen molar-refractivity contribution in [2.45, 2.75) is 25.4 Å². The van der Waals surface area contributed by atoms with Gasteiger partial charge in [-0.2, -0.15) is 0 Å². The number of nitrogens with one attached hydrogen (secondary N) is 2. The maximum atomic E-state index is 13.1. The predicted molar refractivity (Wildman–Crippen MR) is 84.3 cm³/mol. The first kappa shape index (κ1) is 17.0. The van der Waals surface area contributed by atoms with Gasteiger partial charge in [0.15, 0.2) is 0 Å². The quantitative estimate of drug-likeness (QED) is 0.758. The summed E-state index contributed by atoms with van der Waals surface area (Å²) in [6, 6.07) is 4.65. The zero-order valence-electron chi connectivity index (χ0n) is 13.2. The summed E-state index contributed by atoms with van der Waals surface area (Å²) in [4.78, 5) is 16.4. The first-order valence-electron chi connectivity index (χ1n) is 7.45. The van der Waals surface area contributed by atoms with E-state index in [1.54, 1.807) is 29.1 Å². The van der Waals surface area contributed by atoms with Gasteiger partial charge in [-0.3, -0.25) is 0 Å². The first-order chi connectivity index (χ1) is 11.0. The van der Waals surface area contributed by atoms with Gasteiger partial charge in [-0.25, -0.2) is 14.2 Å². The second-order valence-electron chi connectivity index (χ2n) is 5.29. The minimum atomic E-state index is -0.521. The van der Waals surface area contributed by atoms with Crippen molar-refractivity contribution in [3.05, 3.63) is 53.9 Å². The summed E-state index contributed by atoms with van der Waals surface area (Å²) in [6.45, 7) is 1.74. The lowest BCUT2D eigenvalue weighted by Crippen LogP contribution is -2.45. The highest BCUT2D eigenvalue weighted by Crippen LogP contribution is 2.20. The Hall–Kier alpha value is -2.41. The van der Waals surface area contributed by atoms with Crippen LogP contribution in [0.1, 0.15) is 30.8 Å². The summed E-state index contributed by atoms with van der Waals surface area (Å²) >= 11 is 0. The van der Waals surface area contributed by atoms with Crippen molar-refractivity contribution in [2.75, 3.05) is 6.61 Å². The number of benzene rings is 1. The molecule has 0 aliphatic rings. The molecular weight excluding hydrogens is 299 g/mol. The number of urea groups is 1. The van der Waals surface area contributed by atoms with Gasteiger partial charge in [0, 0.05) is 19.4 Å². The minimum absolute atomic E-state index is 0.131. The lowest BCUT2D eigenvalue weighted by atomic mass is 10.1. The van der Waals surface area contributed by atoms with Crippen LogP contribution in [0.25, 0.3) is 0 Å². The fourth-order valence-corrected chi connectivity index (χ4v) is 2.24. The van der Waals surface area contributed by atoms with E-state index in [2.05, 4.69) is 15.6 Å². The summed E-state index contributed by atoms with van der Waals surface area (Å²) in [5.74, 6) is 0.284. The van der Waals surface area contributed by atoms with Crippen molar-refractivity contribution in [1.82, 2.24) is 20.2 Å². The average molecular weight is 320 g/mol. The molecule has 0 aliphatic carbocycles. The van der Waals surface area contributed by atoms with E-state index in [0.717, 1.165) is 0 Å². The summed E-state index contributed by atoms with van der Waals surface area (Å²) in [5, 5.41) is 14.7. The summed E-state index contributed by atoms with van der Waals surface area (Å²) in [7, 11) is 1.82. The normalized spacial score (nSPS) is 13.4. The third-order valence-electron chi connectivity index (χ3n) is 3.64. The average Bonchev–Trinajstić information content (AvgIpc) is 2.97. The smallest absolute Gasteiger partial charge is 0.315 e. The molecule has 6 nitrogen and oxygen atoms in total. The van der Waals surface area contributed by atoms with Crippen LogP contribution in [0.15, 0.2) is 36.7 Å². The van der Waals surface area contributed by atoms with Gasteiger partial charge in [0.25, 0.3) is 0 Å². The van der Waals surface area contributed by atoms with Crippen molar-refractivity contribution in [2.24, 2.45) is 7.05 Å². The number of aryl methyl sites for hydroxylation is 1. The maximum Gasteiger partial charge on any atom is 0.315 e. The third-order valence-corrected chi connectivity index (χ3v) is 3.64. The molecule has 7 heteroatoms. The van der Waals surface area contributed by atoms with Crippen LogP contribution in [0.3, 0.4) is 0 Å². The highest BCUT2D eigenvalue weighted by Gasteiger charge is 2.21. The van der Waals surface area contributed by atoms with Gasteiger partial charge in [-0.15, -0.1) is 0 Å². The van der Waals surface area contributed by atoms with Gasteiger partial charge in [0.2, 0.25) is 0 Å². The number of rotatable bonds is 6. The van der Waals surface area contributed by atoms with E-state index in [1.165, 1.54) is 12.1 Å². The summed E-state index contributed by atoms with van der Waals surface area (Å²) in [6.07, 6.45) is 4.02. The fourth-order valence-electron chi connectivity index (χ4n) is 2.24. The minimum Gasteiger partial charge on any atom is -0.394 e. The van der Waals surface area contributed by atoms with Crippen molar-refractivity contribution >= 4 is 6.03 Å². The lowest BCUT2D eigenvalue weighted by Gasteiger charge is -2.21.